The van der Waals surface area contributed by atoms with Crippen molar-refractivity contribution in [2.45, 2.75) is 17.2 Å². The summed E-state index contributed by atoms with van der Waals surface area (Å²) in [5.41, 5.74) is 2.56. The van der Waals surface area contributed by atoms with Gasteiger partial charge in [0.15, 0.2) is 5.65 Å². The normalized spacial score (nSPS) is 13.1. The highest BCUT2D eigenvalue weighted by molar-refractivity contribution is 8.00. The maximum atomic E-state index is 10.9. The fraction of sp³-hybridized carbons (Fsp3) is 0.0870. The van der Waals surface area contributed by atoms with Crippen molar-refractivity contribution >= 4 is 49.9 Å². The molecule has 1 unspecified atom stereocenters. The van der Waals surface area contributed by atoms with Crippen molar-refractivity contribution in [1.29, 1.82) is 5.26 Å². The van der Waals surface area contributed by atoms with Crippen LogP contribution in [0.15, 0.2) is 77.9 Å². The van der Waals surface area contributed by atoms with Crippen LogP contribution in [0, 0.1) is 11.3 Å². The Morgan fingerprint density at radius 1 is 1.12 bits per heavy atom. The second-order valence-electron chi connectivity index (χ2n) is 6.93. The van der Waals surface area contributed by atoms with Crippen LogP contribution in [0.2, 0.25) is 0 Å². The summed E-state index contributed by atoms with van der Waals surface area (Å²) in [6, 6.07) is 19.5. The molecule has 32 heavy (non-hydrogen) atoms. The average Bonchev–Trinajstić information content (AvgIpc) is 3.45. The number of thiazole rings is 1. The van der Waals surface area contributed by atoms with E-state index in [1.165, 1.54) is 29.4 Å². The van der Waals surface area contributed by atoms with E-state index in [4.69, 9.17) is 0 Å². The summed E-state index contributed by atoms with van der Waals surface area (Å²) < 4.78 is 2.72. The Bertz CT molecular complexity index is 1470. The van der Waals surface area contributed by atoms with Gasteiger partial charge < -0.3 is 5.11 Å². The van der Waals surface area contributed by atoms with Gasteiger partial charge in [-0.1, -0.05) is 42.1 Å². The van der Waals surface area contributed by atoms with Crippen LogP contribution in [-0.4, -0.2) is 35.1 Å². The molecule has 0 saturated carbocycles. The number of aliphatic hydroxyl groups is 1. The zero-order valence-corrected chi connectivity index (χ0v) is 18.5. The van der Waals surface area contributed by atoms with Crippen LogP contribution in [0.25, 0.3) is 32.5 Å². The third-order valence-electron chi connectivity index (χ3n) is 4.88. The number of hydrogen-bond donors (Lipinski definition) is 1. The van der Waals surface area contributed by atoms with Crippen LogP contribution in [-0.2, 0) is 0 Å². The maximum Gasteiger partial charge on any atom is 0.167 e. The Morgan fingerprint density at radius 3 is 2.69 bits per heavy atom. The van der Waals surface area contributed by atoms with Crippen LogP contribution in [0.5, 0.6) is 0 Å². The van der Waals surface area contributed by atoms with Crippen LogP contribution in [0.3, 0.4) is 0 Å². The van der Waals surface area contributed by atoms with E-state index in [2.05, 4.69) is 26.1 Å². The summed E-state index contributed by atoms with van der Waals surface area (Å²) in [7, 11) is 0. The Balaban J connectivity index is 1.49. The Labute approximate surface area is 191 Å². The van der Waals surface area contributed by atoms with E-state index in [1.807, 2.05) is 61.5 Å². The Morgan fingerprint density at radius 2 is 1.91 bits per heavy atom. The van der Waals surface area contributed by atoms with Gasteiger partial charge in [-0.25, -0.2) is 19.6 Å². The lowest BCUT2D eigenvalue weighted by molar-refractivity contribution is 0.402. The maximum absolute atomic E-state index is 10.9. The standard InChI is InChI=1S/C23H16N6OS2/c1-14(20(30)16(11-24)23-28-18-9-5-6-10-19(18)32-23)31-22-17-12-27-29(21(17)25-13-26-22)15-7-3-2-4-8-15/h2-10,12-14,30H,1H3/b20-16-. The van der Waals surface area contributed by atoms with Crippen molar-refractivity contribution in [3.05, 3.63) is 77.9 Å². The van der Waals surface area contributed by atoms with Gasteiger partial charge in [-0.3, -0.25) is 0 Å². The minimum absolute atomic E-state index is 0.0289. The molecule has 0 radical (unpaired) electrons. The molecule has 0 fully saturated rings. The molecule has 156 valence electrons. The van der Waals surface area contributed by atoms with Crippen LogP contribution in [0.1, 0.15) is 11.9 Å². The second kappa shape index (κ2) is 8.42. The van der Waals surface area contributed by atoms with E-state index in [0.29, 0.717) is 15.7 Å². The van der Waals surface area contributed by atoms with Crippen molar-refractivity contribution in [3.63, 3.8) is 0 Å². The summed E-state index contributed by atoms with van der Waals surface area (Å²) >= 11 is 2.73. The Hall–Kier alpha value is -3.74. The van der Waals surface area contributed by atoms with Crippen molar-refractivity contribution in [2.24, 2.45) is 0 Å². The lowest BCUT2D eigenvalue weighted by Crippen LogP contribution is -2.05. The molecule has 9 heteroatoms. The molecular formula is C23H16N6OS2. The number of fused-ring (bicyclic) bond motifs is 2. The largest absolute Gasteiger partial charge is 0.510 e. The topological polar surface area (TPSA) is 101 Å². The number of para-hydroxylation sites is 2. The zero-order chi connectivity index (χ0) is 22.1. The summed E-state index contributed by atoms with van der Waals surface area (Å²) in [5, 5.41) is 26.7. The van der Waals surface area contributed by atoms with E-state index < -0.39 is 5.25 Å². The molecule has 0 aliphatic rings. The van der Waals surface area contributed by atoms with Gasteiger partial charge in [-0.15, -0.1) is 11.3 Å². The van der Waals surface area contributed by atoms with Crippen molar-refractivity contribution in [2.75, 3.05) is 0 Å². The van der Waals surface area contributed by atoms with Crippen LogP contribution >= 0.6 is 23.1 Å². The van der Waals surface area contributed by atoms with Gasteiger partial charge in [0.2, 0.25) is 0 Å². The van der Waals surface area contributed by atoms with E-state index >= 15 is 0 Å². The van der Waals surface area contributed by atoms with Gasteiger partial charge in [-0.2, -0.15) is 10.4 Å². The molecule has 0 spiro atoms. The number of benzene rings is 2. The molecule has 1 N–H and O–H groups in total. The number of nitrogens with zero attached hydrogens (tertiary/aromatic N) is 6. The third kappa shape index (κ3) is 3.60. The number of hydrogen-bond acceptors (Lipinski definition) is 8. The van der Waals surface area contributed by atoms with Crippen molar-refractivity contribution < 1.29 is 5.11 Å². The number of rotatable bonds is 5. The monoisotopic (exact) mass is 456 g/mol. The highest BCUT2D eigenvalue weighted by Crippen LogP contribution is 2.35. The van der Waals surface area contributed by atoms with Gasteiger partial charge in [-0.05, 0) is 31.2 Å². The number of aromatic nitrogens is 5. The molecule has 0 saturated heterocycles. The fourth-order valence-corrected chi connectivity index (χ4v) is 5.21. The van der Waals surface area contributed by atoms with E-state index in [1.54, 1.807) is 10.9 Å². The minimum atomic E-state index is -0.421. The SMILES string of the molecule is CC(Sc1ncnc2c1cnn2-c1ccccc1)/C(O)=C(\C#N)c1nc2ccccc2s1. The number of aliphatic hydroxyl groups excluding tert-OH is 1. The van der Waals surface area contributed by atoms with Crippen molar-refractivity contribution in [1.82, 2.24) is 24.7 Å². The van der Waals surface area contributed by atoms with Crippen LogP contribution < -0.4 is 0 Å². The van der Waals surface area contributed by atoms with Gasteiger partial charge in [0.25, 0.3) is 0 Å². The molecule has 1 atom stereocenters. The predicted octanol–water partition coefficient (Wildman–Crippen LogP) is 5.40. The molecule has 7 nitrogen and oxygen atoms in total. The molecular weight excluding hydrogens is 440 g/mol. The first kappa shape index (κ1) is 20.2. The molecule has 0 bridgehead atoms. The minimum Gasteiger partial charge on any atom is -0.510 e. The first-order valence-corrected chi connectivity index (χ1v) is 11.5. The number of thioether (sulfide) groups is 1. The summed E-state index contributed by atoms with van der Waals surface area (Å²) in [6.07, 6.45) is 3.20. The molecule has 0 amide bonds. The first-order chi connectivity index (χ1) is 15.7. The van der Waals surface area contributed by atoms with Crippen molar-refractivity contribution in [3.8, 4) is 11.8 Å². The van der Waals surface area contributed by atoms with Gasteiger partial charge in [0.05, 0.1) is 32.7 Å². The average molecular weight is 457 g/mol. The highest BCUT2D eigenvalue weighted by Gasteiger charge is 2.21. The Kier molecular flexibility index (Phi) is 5.31. The zero-order valence-electron chi connectivity index (χ0n) is 16.9. The number of nitriles is 1. The van der Waals surface area contributed by atoms with Gasteiger partial charge in [0, 0.05) is 0 Å². The molecule has 3 aromatic heterocycles. The summed E-state index contributed by atoms with van der Waals surface area (Å²) in [6.45, 7) is 1.83. The highest BCUT2D eigenvalue weighted by atomic mass is 32.2. The smallest absolute Gasteiger partial charge is 0.167 e. The third-order valence-corrected chi connectivity index (χ3v) is 7.06. The molecule has 2 aromatic carbocycles. The molecule has 3 heterocycles. The second-order valence-corrected chi connectivity index (χ2v) is 9.29. The summed E-state index contributed by atoms with van der Waals surface area (Å²) in [4.78, 5) is 13.3. The predicted molar refractivity (Wildman–Crippen MR) is 127 cm³/mol. The van der Waals surface area contributed by atoms with E-state index in [9.17, 15) is 10.4 Å². The van der Waals surface area contributed by atoms with Crippen LogP contribution in [0.4, 0.5) is 0 Å². The van der Waals surface area contributed by atoms with E-state index in [-0.39, 0.29) is 11.3 Å². The lowest BCUT2D eigenvalue weighted by atomic mass is 10.2. The molecule has 5 rings (SSSR count). The first-order valence-electron chi connectivity index (χ1n) is 9.75. The quantitative estimate of drug-likeness (QED) is 0.164. The number of allylic oxidation sites excluding steroid dienone is 1. The van der Waals surface area contributed by atoms with E-state index in [0.717, 1.165) is 21.3 Å². The lowest BCUT2D eigenvalue weighted by Gasteiger charge is -2.11. The fourth-order valence-electron chi connectivity index (χ4n) is 3.29. The van der Waals surface area contributed by atoms with Gasteiger partial charge >= 0.3 is 0 Å². The molecule has 5 aromatic rings. The summed E-state index contributed by atoms with van der Waals surface area (Å²) in [5.74, 6) is -0.0289. The van der Waals surface area contributed by atoms with Gasteiger partial charge in [0.1, 0.15) is 33.8 Å². The molecule has 0 aliphatic heterocycles. The molecule has 0 aliphatic carbocycles.